The summed E-state index contributed by atoms with van der Waals surface area (Å²) in [5.74, 6) is -1.33. The number of amides is 1. The molecule has 6 nitrogen and oxygen atoms in total. The minimum absolute atomic E-state index is 0.171. The number of carboxylic acid groups (broad SMARTS) is 1. The summed E-state index contributed by atoms with van der Waals surface area (Å²) in [5.41, 5.74) is 4.10. The van der Waals surface area contributed by atoms with E-state index in [1.54, 1.807) is 19.2 Å². The van der Waals surface area contributed by atoms with E-state index in [1.807, 2.05) is 13.8 Å². The lowest BCUT2D eigenvalue weighted by Gasteiger charge is -2.24. The van der Waals surface area contributed by atoms with E-state index in [0.29, 0.717) is 10.8 Å². The van der Waals surface area contributed by atoms with Crippen molar-refractivity contribution in [2.75, 3.05) is 5.32 Å². The molecule has 0 aromatic carbocycles. The molecule has 19 heavy (non-hydrogen) atoms. The first-order chi connectivity index (χ1) is 8.54. The maximum atomic E-state index is 11.1. The molecule has 0 atom stereocenters. The van der Waals surface area contributed by atoms with Gasteiger partial charge in [0.25, 0.3) is 0 Å². The van der Waals surface area contributed by atoms with Crippen molar-refractivity contribution < 1.29 is 14.7 Å². The van der Waals surface area contributed by atoms with Crippen molar-refractivity contribution in [2.45, 2.75) is 45.1 Å². The third-order valence-corrected chi connectivity index (χ3v) is 3.50. The van der Waals surface area contributed by atoms with Crippen molar-refractivity contribution in [3.63, 3.8) is 0 Å². The highest BCUT2D eigenvalue weighted by atomic mass is 32.1. The summed E-state index contributed by atoms with van der Waals surface area (Å²) in [6.07, 6.45) is 0.171. The van der Waals surface area contributed by atoms with E-state index >= 15 is 0 Å². The van der Waals surface area contributed by atoms with Gasteiger partial charge >= 0.3 is 5.97 Å². The van der Waals surface area contributed by atoms with E-state index in [-0.39, 0.29) is 6.42 Å². The maximum absolute atomic E-state index is 11.1. The standard InChI is InChI=1S/C12H19N3O3S/c1-11(2,5-8(13)16)15-10-14-7(6-19-10)12(3,4)9(17)18/h6H,5H2,1-4H3,(H2,13,16)(H,14,15)(H,17,18). The van der Waals surface area contributed by atoms with Gasteiger partial charge in [0, 0.05) is 17.3 Å². The Labute approximate surface area is 116 Å². The first kappa shape index (κ1) is 15.4. The Bertz CT molecular complexity index is 494. The summed E-state index contributed by atoms with van der Waals surface area (Å²) in [5, 5.41) is 14.5. The van der Waals surface area contributed by atoms with Gasteiger partial charge in [-0.15, -0.1) is 11.3 Å². The fraction of sp³-hybridized carbons (Fsp3) is 0.583. The van der Waals surface area contributed by atoms with E-state index in [0.717, 1.165) is 0 Å². The Morgan fingerprint density at radius 3 is 2.47 bits per heavy atom. The quantitative estimate of drug-likeness (QED) is 0.735. The van der Waals surface area contributed by atoms with Crippen LogP contribution in [0.2, 0.25) is 0 Å². The number of carboxylic acids is 1. The molecule has 1 aromatic rings. The minimum atomic E-state index is -1.04. The number of carbonyl (C=O) groups excluding carboxylic acids is 1. The van der Waals surface area contributed by atoms with Crippen LogP contribution in [0, 0.1) is 0 Å². The highest BCUT2D eigenvalue weighted by molar-refractivity contribution is 7.13. The van der Waals surface area contributed by atoms with Crippen LogP contribution in [-0.2, 0) is 15.0 Å². The van der Waals surface area contributed by atoms with Crippen LogP contribution in [0.5, 0.6) is 0 Å². The Balaban J connectivity index is 2.87. The molecule has 106 valence electrons. The SMILES string of the molecule is CC(C)(CC(N)=O)Nc1nc(C(C)(C)C(=O)O)cs1. The topological polar surface area (TPSA) is 105 Å². The minimum Gasteiger partial charge on any atom is -0.481 e. The number of anilines is 1. The Morgan fingerprint density at radius 2 is 2.00 bits per heavy atom. The van der Waals surface area contributed by atoms with Gasteiger partial charge < -0.3 is 16.2 Å². The van der Waals surface area contributed by atoms with Crippen molar-refractivity contribution in [3.05, 3.63) is 11.1 Å². The molecule has 1 amide bonds. The molecule has 0 spiro atoms. The predicted molar refractivity (Wildman–Crippen MR) is 74.3 cm³/mol. The number of carbonyl (C=O) groups is 2. The number of hydrogen-bond acceptors (Lipinski definition) is 5. The van der Waals surface area contributed by atoms with E-state index in [2.05, 4.69) is 10.3 Å². The van der Waals surface area contributed by atoms with Gasteiger partial charge in [0.15, 0.2) is 5.13 Å². The van der Waals surface area contributed by atoms with Crippen LogP contribution in [0.25, 0.3) is 0 Å². The van der Waals surface area contributed by atoms with E-state index in [9.17, 15) is 9.59 Å². The second-order valence-corrected chi connectivity index (χ2v) is 6.48. The molecule has 0 aliphatic carbocycles. The lowest BCUT2D eigenvalue weighted by Crippen LogP contribution is -2.36. The van der Waals surface area contributed by atoms with Crippen molar-refractivity contribution in [1.29, 1.82) is 0 Å². The van der Waals surface area contributed by atoms with E-state index < -0.39 is 22.8 Å². The zero-order valence-corrected chi connectivity index (χ0v) is 12.3. The number of hydrogen-bond donors (Lipinski definition) is 3. The summed E-state index contributed by atoms with van der Waals surface area (Å²) in [7, 11) is 0. The molecule has 1 heterocycles. The van der Waals surface area contributed by atoms with Gasteiger partial charge in [-0.3, -0.25) is 9.59 Å². The molecule has 7 heteroatoms. The van der Waals surface area contributed by atoms with Crippen LogP contribution in [0.15, 0.2) is 5.38 Å². The molecule has 0 saturated carbocycles. The molecule has 1 rings (SSSR count). The molecule has 0 bridgehead atoms. The van der Waals surface area contributed by atoms with Crippen LogP contribution in [0.3, 0.4) is 0 Å². The van der Waals surface area contributed by atoms with Crippen LogP contribution in [-0.4, -0.2) is 27.5 Å². The fourth-order valence-electron chi connectivity index (χ4n) is 1.50. The smallest absolute Gasteiger partial charge is 0.315 e. The second-order valence-electron chi connectivity index (χ2n) is 5.62. The number of nitrogens with zero attached hydrogens (tertiary/aromatic N) is 1. The van der Waals surface area contributed by atoms with Crippen LogP contribution < -0.4 is 11.1 Å². The Hall–Kier alpha value is -1.63. The maximum Gasteiger partial charge on any atom is 0.315 e. The van der Waals surface area contributed by atoms with E-state index in [1.165, 1.54) is 11.3 Å². The zero-order valence-electron chi connectivity index (χ0n) is 11.5. The predicted octanol–water partition coefficient (Wildman–Crippen LogP) is 1.57. The number of aromatic nitrogens is 1. The number of rotatable bonds is 6. The monoisotopic (exact) mass is 285 g/mol. The molecule has 0 radical (unpaired) electrons. The van der Waals surface area contributed by atoms with Crippen molar-refractivity contribution in [1.82, 2.24) is 4.98 Å². The van der Waals surface area contributed by atoms with Gasteiger partial charge in [-0.05, 0) is 27.7 Å². The molecule has 0 fully saturated rings. The average molecular weight is 285 g/mol. The Morgan fingerprint density at radius 1 is 1.42 bits per heavy atom. The van der Waals surface area contributed by atoms with Gasteiger partial charge in [0.05, 0.1) is 5.69 Å². The molecule has 0 saturated heterocycles. The second kappa shape index (κ2) is 5.16. The van der Waals surface area contributed by atoms with Gasteiger partial charge in [-0.25, -0.2) is 4.98 Å². The number of thiazole rings is 1. The summed E-state index contributed by atoms with van der Waals surface area (Å²) >= 11 is 1.31. The van der Waals surface area contributed by atoms with Gasteiger partial charge in [-0.1, -0.05) is 0 Å². The van der Waals surface area contributed by atoms with Gasteiger partial charge in [0.2, 0.25) is 5.91 Å². The largest absolute Gasteiger partial charge is 0.481 e. The molecule has 0 aliphatic rings. The van der Waals surface area contributed by atoms with Crippen molar-refractivity contribution >= 4 is 28.3 Å². The molecular weight excluding hydrogens is 266 g/mol. The van der Waals surface area contributed by atoms with Crippen LogP contribution in [0.4, 0.5) is 5.13 Å². The molecule has 0 aliphatic heterocycles. The van der Waals surface area contributed by atoms with Crippen LogP contribution >= 0.6 is 11.3 Å². The van der Waals surface area contributed by atoms with E-state index in [4.69, 9.17) is 10.8 Å². The molecular formula is C12H19N3O3S. The highest BCUT2D eigenvalue weighted by Crippen LogP contribution is 2.29. The number of nitrogens with one attached hydrogen (secondary N) is 1. The van der Waals surface area contributed by atoms with Crippen molar-refractivity contribution in [3.8, 4) is 0 Å². The highest BCUT2D eigenvalue weighted by Gasteiger charge is 2.32. The first-order valence-corrected chi connectivity index (χ1v) is 6.68. The van der Waals surface area contributed by atoms with Gasteiger partial charge in [0.1, 0.15) is 5.41 Å². The van der Waals surface area contributed by atoms with Crippen LogP contribution in [0.1, 0.15) is 39.8 Å². The summed E-state index contributed by atoms with van der Waals surface area (Å²) in [6, 6.07) is 0. The number of primary amides is 1. The molecule has 0 unspecified atom stereocenters. The molecule has 4 N–H and O–H groups in total. The lowest BCUT2D eigenvalue weighted by molar-refractivity contribution is -0.142. The average Bonchev–Trinajstić information content (AvgIpc) is 2.62. The number of nitrogens with two attached hydrogens (primary N) is 1. The summed E-state index contributed by atoms with van der Waals surface area (Å²) in [4.78, 5) is 26.4. The molecule has 1 aromatic heterocycles. The third kappa shape index (κ3) is 3.92. The zero-order chi connectivity index (χ0) is 14.8. The summed E-state index contributed by atoms with van der Waals surface area (Å²) in [6.45, 7) is 6.87. The van der Waals surface area contributed by atoms with Gasteiger partial charge in [-0.2, -0.15) is 0 Å². The summed E-state index contributed by atoms with van der Waals surface area (Å²) < 4.78 is 0. The fourth-order valence-corrected chi connectivity index (χ4v) is 2.55. The van der Waals surface area contributed by atoms with Crippen molar-refractivity contribution in [2.24, 2.45) is 5.73 Å². The number of aliphatic carboxylic acids is 1. The lowest BCUT2D eigenvalue weighted by atomic mass is 9.90. The third-order valence-electron chi connectivity index (χ3n) is 2.74. The normalized spacial score (nSPS) is 12.2. The Kier molecular flexibility index (Phi) is 4.19. The first-order valence-electron chi connectivity index (χ1n) is 5.80.